The molecular formula is H7F7Re. The van der Waals surface area contributed by atoms with Gasteiger partial charge in [0, 0.05) is 20.4 Å². The summed E-state index contributed by atoms with van der Waals surface area (Å²) in [5, 5.41) is 0. The third kappa shape index (κ3) is 5560. The average molecular weight is 326 g/mol. The molecule has 0 rings (SSSR count). The van der Waals surface area contributed by atoms with Gasteiger partial charge in [-0.15, -0.1) is 0 Å². The van der Waals surface area contributed by atoms with Crippen LogP contribution in [-0.2, 0) is 20.4 Å². The van der Waals surface area contributed by atoms with Crippen LogP contribution in [0.25, 0.3) is 0 Å². The molecule has 0 nitrogen and oxygen atoms in total. The van der Waals surface area contributed by atoms with Crippen LogP contribution in [0.15, 0.2) is 0 Å². The molecule has 0 unspecified atom stereocenters. The van der Waals surface area contributed by atoms with Gasteiger partial charge in [0.1, 0.15) is 0 Å². The third-order valence-electron chi connectivity index (χ3n) is 0. The molecule has 0 N–H and O–H groups in total. The Hall–Kier alpha value is 0.172. The summed E-state index contributed by atoms with van der Waals surface area (Å²) in [4.78, 5) is 0. The molecule has 1 radical (unpaired) electrons. The van der Waals surface area contributed by atoms with Gasteiger partial charge in [-0.3, -0.25) is 32.9 Å². The van der Waals surface area contributed by atoms with E-state index in [1.807, 2.05) is 0 Å². The predicted molar refractivity (Wildman–Crippen MR) is 17.5 cm³/mol. The SMILES string of the molecule is F.F.F.F.F.F.F.[Re]. The van der Waals surface area contributed by atoms with Crippen molar-refractivity contribution in [2.45, 2.75) is 0 Å². The van der Waals surface area contributed by atoms with Crippen molar-refractivity contribution in [1.82, 2.24) is 0 Å². The summed E-state index contributed by atoms with van der Waals surface area (Å²) in [7, 11) is 0. The minimum Gasteiger partial charge on any atom is -0.269 e. The van der Waals surface area contributed by atoms with Crippen molar-refractivity contribution >= 4 is 0 Å². The maximum Gasteiger partial charge on any atom is 0 e. The van der Waals surface area contributed by atoms with Crippen LogP contribution in [0.3, 0.4) is 0 Å². The van der Waals surface area contributed by atoms with Crippen LogP contribution in [0.4, 0.5) is 32.9 Å². The van der Waals surface area contributed by atoms with Gasteiger partial charge < -0.3 is 0 Å². The second kappa shape index (κ2) is 9200. The molecule has 0 aromatic heterocycles. The van der Waals surface area contributed by atoms with E-state index in [1.165, 1.54) is 0 Å². The van der Waals surface area contributed by atoms with Crippen molar-refractivity contribution < 1.29 is 53.4 Å². The van der Waals surface area contributed by atoms with Gasteiger partial charge in [0.15, 0.2) is 0 Å². The summed E-state index contributed by atoms with van der Waals surface area (Å²) in [6, 6.07) is 0. The van der Waals surface area contributed by atoms with Gasteiger partial charge in [0.2, 0.25) is 0 Å². The first kappa shape index (κ1) is 14200. The Bertz CT molecular complexity index is 4.35. The fraction of sp³-hybridized carbons (Fsp3) is 0. The van der Waals surface area contributed by atoms with Crippen LogP contribution in [0.1, 0.15) is 0 Å². The molecule has 0 spiro atoms. The van der Waals surface area contributed by atoms with Crippen molar-refractivity contribution in [1.29, 1.82) is 0 Å². The Labute approximate surface area is 54.2 Å². The fourth-order valence-corrected chi connectivity index (χ4v) is 0. The van der Waals surface area contributed by atoms with E-state index in [0.29, 0.717) is 0 Å². The Morgan fingerprint density at radius 2 is 0.250 bits per heavy atom. The number of hydrogen-bond donors (Lipinski definition) is 0. The van der Waals surface area contributed by atoms with E-state index in [4.69, 9.17) is 0 Å². The Kier molecular flexibility index (Phi) is 16300000. The zero-order valence-corrected chi connectivity index (χ0v) is 5.95. The average Bonchev–Trinajstić information content (AvgIpc) is 0. The van der Waals surface area contributed by atoms with E-state index in [0.717, 1.165) is 0 Å². The van der Waals surface area contributed by atoms with Crippen molar-refractivity contribution in [3.05, 3.63) is 0 Å². The summed E-state index contributed by atoms with van der Waals surface area (Å²) >= 11 is 0. The van der Waals surface area contributed by atoms with Gasteiger partial charge >= 0.3 is 0 Å². The first-order valence-electron chi connectivity index (χ1n) is 0. The summed E-state index contributed by atoms with van der Waals surface area (Å²) in [5.41, 5.74) is 0. The Morgan fingerprint density at radius 1 is 0.250 bits per heavy atom. The molecule has 0 aliphatic heterocycles. The molecule has 0 aromatic carbocycles. The number of hydrogen-bond acceptors (Lipinski definition) is 0. The summed E-state index contributed by atoms with van der Waals surface area (Å²) < 4.78 is 0. The van der Waals surface area contributed by atoms with Crippen LogP contribution < -0.4 is 0 Å². The van der Waals surface area contributed by atoms with Gasteiger partial charge in [-0.05, 0) is 0 Å². The summed E-state index contributed by atoms with van der Waals surface area (Å²) in [5.74, 6) is 0. The molecule has 0 saturated heterocycles. The molecule has 8 heteroatoms. The second-order valence-electron chi connectivity index (χ2n) is 0. The minimum absolute atomic E-state index is 0. The molecule has 0 heterocycles. The molecular weight excluding hydrogens is 319 g/mol. The monoisotopic (exact) mass is 327 g/mol. The van der Waals surface area contributed by atoms with E-state index in [2.05, 4.69) is 0 Å². The second-order valence-corrected chi connectivity index (χ2v) is 0. The quantitative estimate of drug-likeness (QED) is 0.584. The molecule has 0 bridgehead atoms. The maximum absolute atomic E-state index is 0. The molecule has 63 valence electrons. The molecule has 0 fully saturated rings. The Morgan fingerprint density at radius 3 is 0.250 bits per heavy atom. The molecule has 0 aliphatic carbocycles. The Balaban J connectivity index is 0. The zero-order valence-electron chi connectivity index (χ0n) is 3.24. The first-order chi connectivity index (χ1) is 0. The zero-order chi connectivity index (χ0) is 0. The van der Waals surface area contributed by atoms with E-state index < -0.39 is 0 Å². The van der Waals surface area contributed by atoms with Gasteiger partial charge in [0.25, 0.3) is 0 Å². The van der Waals surface area contributed by atoms with Gasteiger partial charge in [-0.2, -0.15) is 0 Å². The standard InChI is InChI=1S/7FH.Re/h7*1H;. The van der Waals surface area contributed by atoms with Crippen LogP contribution in [0, 0.1) is 0 Å². The van der Waals surface area contributed by atoms with Crippen molar-refractivity contribution in [2.75, 3.05) is 0 Å². The van der Waals surface area contributed by atoms with E-state index in [9.17, 15) is 0 Å². The van der Waals surface area contributed by atoms with E-state index in [1.54, 1.807) is 0 Å². The fourth-order valence-electron chi connectivity index (χ4n) is 0. The largest absolute Gasteiger partial charge is 0.269 e. The van der Waals surface area contributed by atoms with Crippen molar-refractivity contribution in [3.63, 3.8) is 0 Å². The van der Waals surface area contributed by atoms with Crippen LogP contribution in [0.2, 0.25) is 0 Å². The van der Waals surface area contributed by atoms with Gasteiger partial charge in [-0.25, -0.2) is 0 Å². The molecule has 0 aromatic rings. The smallest absolute Gasteiger partial charge is 0 e. The molecule has 0 atom stereocenters. The van der Waals surface area contributed by atoms with Gasteiger partial charge in [0.05, 0.1) is 0 Å². The summed E-state index contributed by atoms with van der Waals surface area (Å²) in [6.45, 7) is 0. The van der Waals surface area contributed by atoms with Gasteiger partial charge in [-0.1, -0.05) is 0 Å². The van der Waals surface area contributed by atoms with Crippen LogP contribution in [-0.4, -0.2) is 0 Å². The van der Waals surface area contributed by atoms with Crippen molar-refractivity contribution in [3.8, 4) is 0 Å². The predicted octanol–water partition coefficient (Wildman–Crippen LogP) is 1.06. The normalized spacial score (nSPS) is 0. The van der Waals surface area contributed by atoms with Crippen molar-refractivity contribution in [2.24, 2.45) is 0 Å². The number of halogens is 7. The van der Waals surface area contributed by atoms with E-state index >= 15 is 0 Å². The molecule has 8 heavy (non-hydrogen) atoms. The molecule has 0 saturated carbocycles. The topological polar surface area (TPSA) is 0 Å². The minimum atomic E-state index is 0. The first-order valence-corrected chi connectivity index (χ1v) is 0. The molecule has 0 aliphatic rings. The van der Waals surface area contributed by atoms with E-state index in [-0.39, 0.29) is 53.4 Å². The third-order valence-corrected chi connectivity index (χ3v) is 0. The van der Waals surface area contributed by atoms with Crippen LogP contribution in [0.5, 0.6) is 0 Å². The molecule has 0 amide bonds. The van der Waals surface area contributed by atoms with Crippen LogP contribution >= 0.6 is 0 Å². The number of rotatable bonds is 0. The summed E-state index contributed by atoms with van der Waals surface area (Å²) in [6.07, 6.45) is 0. The maximum atomic E-state index is 0.